The van der Waals surface area contributed by atoms with Gasteiger partial charge in [-0.15, -0.1) is 0 Å². The molecule has 0 aromatic heterocycles. The van der Waals surface area contributed by atoms with Gasteiger partial charge in [-0.3, -0.25) is 0 Å². The number of hydrogen-bond acceptors (Lipinski definition) is 2. The van der Waals surface area contributed by atoms with Gasteiger partial charge in [-0.25, -0.2) is 0 Å². The average molecular weight is 200 g/mol. The molecule has 0 saturated heterocycles. The summed E-state index contributed by atoms with van der Waals surface area (Å²) in [5.41, 5.74) is 2.79. The number of rotatable bonds is 5. The van der Waals surface area contributed by atoms with Crippen LogP contribution in [0.3, 0.4) is 0 Å². The van der Waals surface area contributed by atoms with Crippen LogP contribution in [0.15, 0.2) is 24.3 Å². The molecule has 1 N–H and O–H groups in total. The van der Waals surface area contributed by atoms with E-state index < -0.39 is 0 Å². The number of hydrogen-bond donors (Lipinski definition) is 1. The van der Waals surface area contributed by atoms with E-state index in [-0.39, 0.29) is 0 Å². The van der Waals surface area contributed by atoms with Crippen LogP contribution in [0.25, 0.3) is 0 Å². The number of nitrogens with zero attached hydrogens (tertiary/aromatic N) is 1. The molecule has 0 radical (unpaired) electrons. The van der Waals surface area contributed by atoms with E-state index in [2.05, 4.69) is 35.7 Å². The average Bonchev–Trinajstić information content (AvgIpc) is 3.09. The number of nitriles is 1. The van der Waals surface area contributed by atoms with Gasteiger partial charge < -0.3 is 5.32 Å². The van der Waals surface area contributed by atoms with E-state index >= 15 is 0 Å². The second-order valence-electron chi connectivity index (χ2n) is 4.10. The van der Waals surface area contributed by atoms with Crippen LogP contribution in [0.4, 0.5) is 0 Å². The minimum absolute atomic E-state index is 0.583. The van der Waals surface area contributed by atoms with Crippen molar-refractivity contribution in [3.63, 3.8) is 0 Å². The van der Waals surface area contributed by atoms with Gasteiger partial charge in [0.25, 0.3) is 0 Å². The molecule has 0 heterocycles. The van der Waals surface area contributed by atoms with E-state index in [0.717, 1.165) is 19.0 Å². The van der Waals surface area contributed by atoms with Crippen LogP contribution in [0.1, 0.15) is 36.3 Å². The lowest BCUT2D eigenvalue weighted by molar-refractivity contribution is 0.699. The summed E-state index contributed by atoms with van der Waals surface area (Å²) < 4.78 is 0. The van der Waals surface area contributed by atoms with E-state index in [0.29, 0.717) is 6.42 Å². The van der Waals surface area contributed by atoms with Crippen molar-refractivity contribution in [1.29, 1.82) is 5.26 Å². The van der Waals surface area contributed by atoms with Crippen molar-refractivity contribution in [2.24, 2.45) is 0 Å². The molecule has 1 aliphatic rings. The minimum atomic E-state index is 0.583. The first-order chi connectivity index (χ1) is 7.40. The highest BCUT2D eigenvalue weighted by Crippen LogP contribution is 2.39. The predicted molar refractivity (Wildman–Crippen MR) is 60.4 cm³/mol. The molecule has 0 spiro atoms. The van der Waals surface area contributed by atoms with Gasteiger partial charge in [0.1, 0.15) is 0 Å². The summed E-state index contributed by atoms with van der Waals surface area (Å²) in [6.07, 6.45) is 3.31. The van der Waals surface area contributed by atoms with Gasteiger partial charge in [-0.05, 0) is 29.9 Å². The number of nitrogens with one attached hydrogen (secondary N) is 1. The fourth-order valence-corrected chi connectivity index (χ4v) is 1.70. The number of benzene rings is 1. The molecule has 0 atom stereocenters. The highest BCUT2D eigenvalue weighted by Gasteiger charge is 2.22. The van der Waals surface area contributed by atoms with Crippen molar-refractivity contribution < 1.29 is 0 Å². The highest BCUT2D eigenvalue weighted by atomic mass is 14.8. The van der Waals surface area contributed by atoms with E-state index in [9.17, 15) is 0 Å². The molecule has 15 heavy (non-hydrogen) atoms. The van der Waals surface area contributed by atoms with Crippen molar-refractivity contribution in [2.75, 3.05) is 6.54 Å². The summed E-state index contributed by atoms with van der Waals surface area (Å²) in [5.74, 6) is 0.839. The molecule has 0 aliphatic heterocycles. The molecule has 0 amide bonds. The van der Waals surface area contributed by atoms with E-state index in [1.165, 1.54) is 24.0 Å². The first-order valence-corrected chi connectivity index (χ1v) is 5.56. The Balaban J connectivity index is 1.79. The van der Waals surface area contributed by atoms with Crippen LogP contribution in [-0.4, -0.2) is 6.54 Å². The monoisotopic (exact) mass is 200 g/mol. The molecule has 1 saturated carbocycles. The van der Waals surface area contributed by atoms with Crippen molar-refractivity contribution in [2.45, 2.75) is 31.7 Å². The van der Waals surface area contributed by atoms with Gasteiger partial charge in [0.2, 0.25) is 0 Å². The lowest BCUT2D eigenvalue weighted by Crippen LogP contribution is -2.13. The third kappa shape index (κ3) is 3.07. The maximum atomic E-state index is 8.38. The molecule has 0 bridgehead atoms. The summed E-state index contributed by atoms with van der Waals surface area (Å²) in [5, 5.41) is 11.6. The largest absolute Gasteiger partial charge is 0.312 e. The fraction of sp³-hybridized carbons (Fsp3) is 0.462. The fourth-order valence-electron chi connectivity index (χ4n) is 1.70. The maximum Gasteiger partial charge on any atom is 0.0635 e. The Kier molecular flexibility index (Phi) is 3.37. The van der Waals surface area contributed by atoms with Gasteiger partial charge >= 0.3 is 0 Å². The van der Waals surface area contributed by atoms with Gasteiger partial charge in [-0.1, -0.05) is 24.3 Å². The Hall–Kier alpha value is -1.33. The Morgan fingerprint density at radius 1 is 1.27 bits per heavy atom. The SMILES string of the molecule is N#CCCNCc1ccc(C2CC2)cc1. The standard InChI is InChI=1S/C13H16N2/c14-8-1-9-15-10-11-2-4-12(5-3-11)13-6-7-13/h2-5,13,15H,1,6-7,9-10H2. The highest BCUT2D eigenvalue weighted by molar-refractivity contribution is 5.27. The maximum absolute atomic E-state index is 8.38. The predicted octanol–water partition coefficient (Wildman–Crippen LogP) is 2.57. The summed E-state index contributed by atoms with van der Waals surface area (Å²) in [7, 11) is 0. The molecule has 78 valence electrons. The van der Waals surface area contributed by atoms with E-state index in [1.54, 1.807) is 0 Å². The lowest BCUT2D eigenvalue weighted by atomic mass is 10.1. The third-order valence-electron chi connectivity index (χ3n) is 2.77. The van der Waals surface area contributed by atoms with Gasteiger partial charge in [0.15, 0.2) is 0 Å². The van der Waals surface area contributed by atoms with Crippen LogP contribution in [0.5, 0.6) is 0 Å². The lowest BCUT2D eigenvalue weighted by Gasteiger charge is -2.04. The van der Waals surface area contributed by atoms with Crippen LogP contribution < -0.4 is 5.32 Å². The van der Waals surface area contributed by atoms with Crippen molar-refractivity contribution in [3.05, 3.63) is 35.4 Å². The summed E-state index contributed by atoms with van der Waals surface area (Å²) in [6, 6.07) is 11.0. The molecule has 2 heteroatoms. The van der Waals surface area contributed by atoms with Crippen LogP contribution >= 0.6 is 0 Å². The van der Waals surface area contributed by atoms with Crippen LogP contribution in [0, 0.1) is 11.3 Å². The zero-order valence-electron chi connectivity index (χ0n) is 8.87. The zero-order chi connectivity index (χ0) is 10.5. The zero-order valence-corrected chi connectivity index (χ0v) is 8.87. The molecule has 2 rings (SSSR count). The topological polar surface area (TPSA) is 35.8 Å². The van der Waals surface area contributed by atoms with Crippen LogP contribution in [0.2, 0.25) is 0 Å². The molecule has 1 fully saturated rings. The van der Waals surface area contributed by atoms with Crippen molar-refractivity contribution in [1.82, 2.24) is 5.32 Å². The molecular formula is C13H16N2. The van der Waals surface area contributed by atoms with E-state index in [1.807, 2.05) is 0 Å². The summed E-state index contributed by atoms with van der Waals surface area (Å²) in [4.78, 5) is 0. The van der Waals surface area contributed by atoms with Crippen LogP contribution in [-0.2, 0) is 6.54 Å². The Morgan fingerprint density at radius 2 is 2.00 bits per heavy atom. The first kappa shape index (κ1) is 10.2. The van der Waals surface area contributed by atoms with Crippen molar-refractivity contribution in [3.8, 4) is 6.07 Å². The van der Waals surface area contributed by atoms with Crippen molar-refractivity contribution >= 4 is 0 Å². The molecule has 1 aliphatic carbocycles. The van der Waals surface area contributed by atoms with Gasteiger partial charge in [0, 0.05) is 19.5 Å². The third-order valence-corrected chi connectivity index (χ3v) is 2.77. The molecule has 2 nitrogen and oxygen atoms in total. The van der Waals surface area contributed by atoms with Gasteiger partial charge in [-0.2, -0.15) is 5.26 Å². The molecule has 1 aromatic carbocycles. The Morgan fingerprint density at radius 3 is 2.60 bits per heavy atom. The Labute approximate surface area is 90.9 Å². The second kappa shape index (κ2) is 4.95. The van der Waals surface area contributed by atoms with Gasteiger partial charge in [0.05, 0.1) is 6.07 Å². The normalized spacial score (nSPS) is 14.9. The Bertz CT molecular complexity index is 344. The quantitative estimate of drug-likeness (QED) is 0.741. The molecule has 0 unspecified atom stereocenters. The molecular weight excluding hydrogens is 184 g/mol. The summed E-state index contributed by atoms with van der Waals surface area (Å²) in [6.45, 7) is 1.65. The smallest absolute Gasteiger partial charge is 0.0635 e. The second-order valence-corrected chi connectivity index (χ2v) is 4.10. The summed E-state index contributed by atoms with van der Waals surface area (Å²) >= 11 is 0. The van der Waals surface area contributed by atoms with E-state index in [4.69, 9.17) is 5.26 Å². The molecule has 1 aromatic rings. The minimum Gasteiger partial charge on any atom is -0.312 e. The first-order valence-electron chi connectivity index (χ1n) is 5.56.